The van der Waals surface area contributed by atoms with E-state index >= 15 is 0 Å². The summed E-state index contributed by atoms with van der Waals surface area (Å²) < 4.78 is 0. The summed E-state index contributed by atoms with van der Waals surface area (Å²) in [5.74, 6) is 0.629. The fraction of sp³-hybridized carbons (Fsp3) is 0.286. The van der Waals surface area contributed by atoms with E-state index in [1.54, 1.807) is 11.8 Å². The van der Waals surface area contributed by atoms with Crippen molar-refractivity contribution in [3.05, 3.63) is 22.8 Å². The van der Waals surface area contributed by atoms with Crippen LogP contribution in [0.2, 0.25) is 0 Å². The Labute approximate surface area is 68.9 Å². The Kier molecular flexibility index (Phi) is 1.42. The van der Waals surface area contributed by atoms with Gasteiger partial charge in [-0.3, -0.25) is 4.79 Å². The molecule has 0 saturated heterocycles. The third kappa shape index (κ3) is 0.939. The van der Waals surface area contributed by atoms with Crippen LogP contribution in [0.4, 0.5) is 0 Å². The molecule has 1 amide bonds. The Balaban J connectivity index is 2.30. The normalized spacial score (nSPS) is 21.3. The highest BCUT2D eigenvalue weighted by atomic mass is 32.2. The molecule has 2 heterocycles. The first-order valence-electron chi connectivity index (χ1n) is 3.36. The largest absolute Gasteiger partial charge is 0.366 e. The predicted molar refractivity (Wildman–Crippen MR) is 44.5 cm³/mol. The number of nitrogens with zero attached hydrogens (tertiary/aromatic N) is 1. The van der Waals surface area contributed by atoms with Gasteiger partial charge >= 0.3 is 0 Å². The zero-order chi connectivity index (χ0) is 7.84. The van der Waals surface area contributed by atoms with Gasteiger partial charge in [0, 0.05) is 6.54 Å². The smallest absolute Gasteiger partial charge is 0.250 e. The monoisotopic (exact) mass is 168 g/mol. The van der Waals surface area contributed by atoms with E-state index in [9.17, 15) is 4.79 Å². The lowest BCUT2D eigenvalue weighted by molar-refractivity contribution is -0.114. The summed E-state index contributed by atoms with van der Waals surface area (Å²) in [6.45, 7) is 0.830. The van der Waals surface area contributed by atoms with Crippen molar-refractivity contribution in [1.29, 1.82) is 0 Å². The highest BCUT2D eigenvalue weighted by molar-refractivity contribution is 8.02. The molecule has 0 aromatic heterocycles. The van der Waals surface area contributed by atoms with Gasteiger partial charge in [-0.2, -0.15) is 0 Å². The van der Waals surface area contributed by atoms with E-state index in [2.05, 4.69) is 4.90 Å². The average molecular weight is 168 g/mol. The number of nitrogens with two attached hydrogens (primary N) is 1. The van der Waals surface area contributed by atoms with Gasteiger partial charge in [-0.1, -0.05) is 6.08 Å². The van der Waals surface area contributed by atoms with Crippen molar-refractivity contribution >= 4 is 17.7 Å². The quantitative estimate of drug-likeness (QED) is 0.611. The number of hydrogen-bond acceptors (Lipinski definition) is 3. The first-order valence-corrected chi connectivity index (χ1v) is 4.41. The lowest BCUT2D eigenvalue weighted by Gasteiger charge is -2.11. The Bertz CT molecular complexity index is 270. The Morgan fingerprint density at radius 2 is 2.55 bits per heavy atom. The van der Waals surface area contributed by atoms with Crippen molar-refractivity contribution in [3.63, 3.8) is 0 Å². The summed E-state index contributed by atoms with van der Waals surface area (Å²) >= 11 is 1.70. The van der Waals surface area contributed by atoms with Crippen LogP contribution in [0.5, 0.6) is 0 Å². The summed E-state index contributed by atoms with van der Waals surface area (Å²) in [7, 11) is 0. The van der Waals surface area contributed by atoms with Gasteiger partial charge in [-0.25, -0.2) is 0 Å². The van der Waals surface area contributed by atoms with Crippen molar-refractivity contribution < 1.29 is 4.79 Å². The van der Waals surface area contributed by atoms with E-state index in [0.717, 1.165) is 18.1 Å². The summed E-state index contributed by atoms with van der Waals surface area (Å²) in [6, 6.07) is 0. The first-order chi connectivity index (χ1) is 5.29. The molecule has 2 aliphatic rings. The van der Waals surface area contributed by atoms with E-state index in [1.807, 2.05) is 11.5 Å². The van der Waals surface area contributed by atoms with Crippen molar-refractivity contribution in [2.75, 3.05) is 12.4 Å². The van der Waals surface area contributed by atoms with Crippen LogP contribution in [0.3, 0.4) is 0 Å². The summed E-state index contributed by atoms with van der Waals surface area (Å²) in [5, 5.41) is 1.99. The molecule has 3 nitrogen and oxygen atoms in total. The first kappa shape index (κ1) is 6.79. The van der Waals surface area contributed by atoms with Crippen LogP contribution in [-0.2, 0) is 4.79 Å². The molecule has 0 aromatic carbocycles. The van der Waals surface area contributed by atoms with Crippen LogP contribution in [0, 0.1) is 0 Å². The van der Waals surface area contributed by atoms with Crippen LogP contribution < -0.4 is 5.73 Å². The number of amides is 1. The molecule has 4 heteroatoms. The average Bonchev–Trinajstić information content (AvgIpc) is 2.41. The second-order valence-corrected chi connectivity index (χ2v) is 3.33. The molecule has 0 saturated carbocycles. The topological polar surface area (TPSA) is 46.3 Å². The van der Waals surface area contributed by atoms with E-state index in [0.29, 0.717) is 5.57 Å². The van der Waals surface area contributed by atoms with Crippen LogP contribution in [0.1, 0.15) is 0 Å². The van der Waals surface area contributed by atoms with E-state index in [-0.39, 0.29) is 5.91 Å². The Morgan fingerprint density at radius 3 is 3.27 bits per heavy atom. The Morgan fingerprint density at radius 1 is 1.73 bits per heavy atom. The number of thioether (sulfide) groups is 1. The molecule has 0 bridgehead atoms. The van der Waals surface area contributed by atoms with Crippen molar-refractivity contribution in [2.24, 2.45) is 5.73 Å². The predicted octanol–water partition coefficient (Wildman–Crippen LogP) is 0.259. The molecule has 2 aliphatic heterocycles. The molecule has 2 rings (SSSR count). The van der Waals surface area contributed by atoms with Crippen molar-refractivity contribution in [1.82, 2.24) is 4.90 Å². The van der Waals surface area contributed by atoms with Crippen LogP contribution in [0.25, 0.3) is 0 Å². The molecular formula is C7H8N2OS. The molecule has 2 N–H and O–H groups in total. The van der Waals surface area contributed by atoms with Gasteiger partial charge in [-0.15, -0.1) is 11.8 Å². The summed E-state index contributed by atoms with van der Waals surface area (Å²) in [5.41, 5.74) is 6.85. The number of hydrogen-bond donors (Lipinski definition) is 1. The van der Waals surface area contributed by atoms with Gasteiger partial charge in [0.25, 0.3) is 5.91 Å². The molecule has 0 fully saturated rings. The van der Waals surface area contributed by atoms with Crippen LogP contribution >= 0.6 is 11.8 Å². The molecule has 0 atom stereocenters. The van der Waals surface area contributed by atoms with Gasteiger partial charge in [0.15, 0.2) is 0 Å². The minimum atomic E-state index is -0.318. The SMILES string of the molecule is NC(=O)C1=CCN2CSC=C12. The fourth-order valence-electron chi connectivity index (χ4n) is 1.27. The number of carbonyl (C=O) groups excluding carboxylic acids is 1. The second-order valence-electron chi connectivity index (χ2n) is 2.50. The molecule has 0 aromatic rings. The third-order valence-electron chi connectivity index (χ3n) is 1.82. The van der Waals surface area contributed by atoms with E-state index in [1.165, 1.54) is 0 Å². The van der Waals surface area contributed by atoms with Crippen LogP contribution in [0.15, 0.2) is 22.8 Å². The second kappa shape index (κ2) is 2.30. The minimum Gasteiger partial charge on any atom is -0.366 e. The number of rotatable bonds is 1. The Hall–Kier alpha value is -0.900. The van der Waals surface area contributed by atoms with E-state index < -0.39 is 0 Å². The number of carbonyl (C=O) groups is 1. The molecule has 11 heavy (non-hydrogen) atoms. The zero-order valence-electron chi connectivity index (χ0n) is 5.91. The molecule has 58 valence electrons. The maximum Gasteiger partial charge on any atom is 0.250 e. The van der Waals surface area contributed by atoms with Gasteiger partial charge in [0.1, 0.15) is 0 Å². The number of primary amides is 1. The van der Waals surface area contributed by atoms with Gasteiger partial charge < -0.3 is 10.6 Å². The standard InChI is InChI=1S/C7H8N2OS/c8-7(10)5-1-2-9-4-11-3-6(5)9/h1,3H,2,4H2,(H2,8,10). The number of fused-ring (bicyclic) bond motifs is 1. The van der Waals surface area contributed by atoms with Gasteiger partial charge in [0.2, 0.25) is 0 Å². The lowest BCUT2D eigenvalue weighted by Crippen LogP contribution is -2.18. The molecule has 0 spiro atoms. The fourth-order valence-corrected chi connectivity index (χ4v) is 2.20. The van der Waals surface area contributed by atoms with E-state index in [4.69, 9.17) is 5.73 Å². The highest BCUT2D eigenvalue weighted by Gasteiger charge is 2.26. The highest BCUT2D eigenvalue weighted by Crippen LogP contribution is 2.32. The maximum atomic E-state index is 10.8. The third-order valence-corrected chi connectivity index (χ3v) is 2.67. The van der Waals surface area contributed by atoms with Crippen LogP contribution in [-0.4, -0.2) is 23.2 Å². The molecule has 0 radical (unpaired) electrons. The van der Waals surface area contributed by atoms with Crippen molar-refractivity contribution in [3.8, 4) is 0 Å². The van der Waals surface area contributed by atoms with Gasteiger partial charge in [-0.05, 0) is 5.41 Å². The van der Waals surface area contributed by atoms with Gasteiger partial charge in [0.05, 0.1) is 17.1 Å². The summed E-state index contributed by atoms with van der Waals surface area (Å²) in [6.07, 6.45) is 1.88. The molecule has 0 unspecified atom stereocenters. The minimum absolute atomic E-state index is 0.318. The zero-order valence-corrected chi connectivity index (χ0v) is 6.73. The molecule has 0 aliphatic carbocycles. The summed E-state index contributed by atoms with van der Waals surface area (Å²) in [4.78, 5) is 13.0. The maximum absolute atomic E-state index is 10.8. The van der Waals surface area contributed by atoms with Crippen molar-refractivity contribution in [2.45, 2.75) is 0 Å². The molecular weight excluding hydrogens is 160 g/mol. The lowest BCUT2D eigenvalue weighted by atomic mass is 10.2.